The Labute approximate surface area is 120 Å². The Kier molecular flexibility index (Phi) is 7.18. The summed E-state index contributed by atoms with van der Waals surface area (Å²) in [5, 5.41) is 12.2. The van der Waals surface area contributed by atoms with Crippen molar-refractivity contribution in [3.8, 4) is 17.2 Å². The molecule has 1 aromatic carbocycles. The zero-order valence-electron chi connectivity index (χ0n) is 12.7. The molecule has 0 aliphatic carbocycles. The zero-order chi connectivity index (χ0) is 15.0. The van der Waals surface area contributed by atoms with Crippen molar-refractivity contribution in [2.75, 3.05) is 34.5 Å². The van der Waals surface area contributed by atoms with Crippen LogP contribution in [0.15, 0.2) is 12.1 Å². The van der Waals surface area contributed by atoms with Gasteiger partial charge in [0.2, 0.25) is 0 Å². The molecule has 5 nitrogen and oxygen atoms in total. The number of hydrogen-bond acceptors (Lipinski definition) is 5. The second-order valence-corrected chi connectivity index (χ2v) is 4.77. The predicted molar refractivity (Wildman–Crippen MR) is 78.7 cm³/mol. The smallest absolute Gasteiger partial charge is 0.164 e. The SMILES string of the molecule is COc1cc(OC)c(OC)cc1CNCC(C)CCO. The summed E-state index contributed by atoms with van der Waals surface area (Å²) in [6.07, 6.45) is 0.802. The molecule has 1 aromatic rings. The summed E-state index contributed by atoms with van der Waals surface area (Å²) in [7, 11) is 4.86. The molecule has 1 atom stereocenters. The summed E-state index contributed by atoms with van der Waals surface area (Å²) in [5.74, 6) is 2.55. The first kappa shape index (κ1) is 16.6. The van der Waals surface area contributed by atoms with Crippen LogP contribution in [-0.2, 0) is 6.54 Å². The maximum absolute atomic E-state index is 8.88. The number of aliphatic hydroxyl groups excluding tert-OH is 1. The quantitative estimate of drug-likeness (QED) is 0.724. The molecule has 0 saturated carbocycles. The largest absolute Gasteiger partial charge is 0.496 e. The van der Waals surface area contributed by atoms with E-state index in [1.54, 1.807) is 21.3 Å². The van der Waals surface area contributed by atoms with Gasteiger partial charge in [0.1, 0.15) is 5.75 Å². The Morgan fingerprint density at radius 2 is 1.65 bits per heavy atom. The average Bonchev–Trinajstić information content (AvgIpc) is 2.46. The van der Waals surface area contributed by atoms with E-state index in [4.69, 9.17) is 19.3 Å². The molecule has 0 bridgehead atoms. The molecule has 0 spiro atoms. The Bertz CT molecular complexity index is 409. The third-order valence-corrected chi connectivity index (χ3v) is 3.22. The average molecular weight is 283 g/mol. The Morgan fingerprint density at radius 3 is 2.20 bits per heavy atom. The highest BCUT2D eigenvalue weighted by molar-refractivity contribution is 5.50. The van der Waals surface area contributed by atoms with Crippen molar-refractivity contribution < 1.29 is 19.3 Å². The van der Waals surface area contributed by atoms with Gasteiger partial charge >= 0.3 is 0 Å². The fourth-order valence-corrected chi connectivity index (χ4v) is 2.01. The molecule has 0 aliphatic rings. The van der Waals surface area contributed by atoms with Gasteiger partial charge in [-0.2, -0.15) is 0 Å². The Hall–Kier alpha value is -1.46. The van der Waals surface area contributed by atoms with Crippen molar-refractivity contribution in [3.63, 3.8) is 0 Å². The zero-order valence-corrected chi connectivity index (χ0v) is 12.7. The molecule has 0 fully saturated rings. The van der Waals surface area contributed by atoms with Gasteiger partial charge in [-0.3, -0.25) is 0 Å². The minimum atomic E-state index is 0.225. The van der Waals surface area contributed by atoms with Gasteiger partial charge in [-0.05, 0) is 24.9 Å². The second kappa shape index (κ2) is 8.66. The number of benzene rings is 1. The number of hydrogen-bond donors (Lipinski definition) is 2. The predicted octanol–water partition coefficient (Wildman–Crippen LogP) is 1.82. The van der Waals surface area contributed by atoms with Crippen molar-refractivity contribution in [1.82, 2.24) is 5.32 Å². The van der Waals surface area contributed by atoms with E-state index in [2.05, 4.69) is 12.2 Å². The summed E-state index contributed by atoms with van der Waals surface area (Å²) in [4.78, 5) is 0. The molecule has 20 heavy (non-hydrogen) atoms. The summed E-state index contributed by atoms with van der Waals surface area (Å²) in [5.41, 5.74) is 1.02. The van der Waals surface area contributed by atoms with Crippen LogP contribution in [0.4, 0.5) is 0 Å². The van der Waals surface area contributed by atoms with Crippen molar-refractivity contribution in [1.29, 1.82) is 0 Å². The number of ether oxygens (including phenoxy) is 3. The number of nitrogens with one attached hydrogen (secondary N) is 1. The van der Waals surface area contributed by atoms with Gasteiger partial charge in [-0.1, -0.05) is 6.92 Å². The molecule has 1 rings (SSSR count). The van der Waals surface area contributed by atoms with Gasteiger partial charge in [0, 0.05) is 24.8 Å². The molecule has 0 heterocycles. The minimum absolute atomic E-state index is 0.225. The first-order chi connectivity index (χ1) is 9.65. The third-order valence-electron chi connectivity index (χ3n) is 3.22. The van der Waals surface area contributed by atoms with E-state index >= 15 is 0 Å². The van der Waals surface area contributed by atoms with Crippen LogP contribution in [0.3, 0.4) is 0 Å². The van der Waals surface area contributed by atoms with E-state index in [1.165, 1.54) is 0 Å². The van der Waals surface area contributed by atoms with Crippen LogP contribution < -0.4 is 19.5 Å². The summed E-state index contributed by atoms with van der Waals surface area (Å²) in [6, 6.07) is 3.74. The second-order valence-electron chi connectivity index (χ2n) is 4.77. The van der Waals surface area contributed by atoms with Crippen LogP contribution in [0.1, 0.15) is 18.9 Å². The minimum Gasteiger partial charge on any atom is -0.496 e. The van der Waals surface area contributed by atoms with Gasteiger partial charge < -0.3 is 24.6 Å². The molecular weight excluding hydrogens is 258 g/mol. The normalized spacial score (nSPS) is 12.1. The first-order valence-corrected chi connectivity index (χ1v) is 6.76. The third kappa shape index (κ3) is 4.58. The van der Waals surface area contributed by atoms with Crippen molar-refractivity contribution in [2.45, 2.75) is 19.9 Å². The molecule has 5 heteroatoms. The lowest BCUT2D eigenvalue weighted by Gasteiger charge is -2.16. The Morgan fingerprint density at radius 1 is 1.05 bits per heavy atom. The highest BCUT2D eigenvalue weighted by Gasteiger charge is 2.11. The van der Waals surface area contributed by atoms with Gasteiger partial charge in [-0.25, -0.2) is 0 Å². The van der Waals surface area contributed by atoms with Crippen LogP contribution in [0.2, 0.25) is 0 Å². The standard InChI is InChI=1S/C15H25NO4/c1-11(5-6-17)9-16-10-12-7-14(19-3)15(20-4)8-13(12)18-2/h7-8,11,16-17H,5-6,9-10H2,1-4H3. The van der Waals surface area contributed by atoms with E-state index in [-0.39, 0.29) is 6.61 Å². The van der Waals surface area contributed by atoms with Gasteiger partial charge in [0.05, 0.1) is 21.3 Å². The summed E-state index contributed by atoms with van der Waals surface area (Å²) < 4.78 is 15.9. The molecule has 114 valence electrons. The molecule has 0 aromatic heterocycles. The summed E-state index contributed by atoms with van der Waals surface area (Å²) in [6.45, 7) is 3.86. The number of methoxy groups -OCH3 is 3. The fraction of sp³-hybridized carbons (Fsp3) is 0.600. The lowest BCUT2D eigenvalue weighted by atomic mass is 10.1. The topological polar surface area (TPSA) is 60.0 Å². The van der Waals surface area contributed by atoms with Crippen LogP contribution in [-0.4, -0.2) is 39.6 Å². The molecule has 2 N–H and O–H groups in total. The molecule has 0 aliphatic heterocycles. The van der Waals surface area contributed by atoms with Crippen LogP contribution in [0, 0.1) is 5.92 Å². The molecule has 0 radical (unpaired) electrons. The van der Waals surface area contributed by atoms with E-state index in [0.29, 0.717) is 24.0 Å². The number of rotatable bonds is 9. The molecule has 0 saturated heterocycles. The molecule has 1 unspecified atom stereocenters. The highest BCUT2D eigenvalue weighted by atomic mass is 16.5. The van der Waals surface area contributed by atoms with Gasteiger partial charge in [0.15, 0.2) is 11.5 Å². The van der Waals surface area contributed by atoms with Gasteiger partial charge in [-0.15, -0.1) is 0 Å². The first-order valence-electron chi connectivity index (χ1n) is 6.76. The lowest BCUT2D eigenvalue weighted by molar-refractivity contribution is 0.260. The lowest BCUT2D eigenvalue weighted by Crippen LogP contribution is -2.21. The molecular formula is C15H25NO4. The maximum Gasteiger partial charge on any atom is 0.164 e. The van der Waals surface area contributed by atoms with E-state index in [0.717, 1.165) is 24.3 Å². The number of aliphatic hydroxyl groups is 1. The van der Waals surface area contributed by atoms with Gasteiger partial charge in [0.25, 0.3) is 0 Å². The van der Waals surface area contributed by atoms with E-state index in [1.807, 2.05) is 12.1 Å². The monoisotopic (exact) mass is 283 g/mol. The molecule has 0 amide bonds. The fourth-order valence-electron chi connectivity index (χ4n) is 2.01. The van der Waals surface area contributed by atoms with Crippen LogP contribution >= 0.6 is 0 Å². The van der Waals surface area contributed by atoms with Crippen LogP contribution in [0.5, 0.6) is 17.2 Å². The maximum atomic E-state index is 8.88. The van der Waals surface area contributed by atoms with Crippen molar-refractivity contribution in [3.05, 3.63) is 17.7 Å². The van der Waals surface area contributed by atoms with Crippen molar-refractivity contribution in [2.24, 2.45) is 5.92 Å². The Balaban J connectivity index is 2.73. The summed E-state index contributed by atoms with van der Waals surface area (Å²) >= 11 is 0. The highest BCUT2D eigenvalue weighted by Crippen LogP contribution is 2.34. The van der Waals surface area contributed by atoms with E-state index in [9.17, 15) is 0 Å². The van der Waals surface area contributed by atoms with Crippen LogP contribution in [0.25, 0.3) is 0 Å². The van der Waals surface area contributed by atoms with Crippen molar-refractivity contribution >= 4 is 0 Å². The van der Waals surface area contributed by atoms with E-state index < -0.39 is 0 Å².